The van der Waals surface area contributed by atoms with Gasteiger partial charge >= 0.3 is 5.97 Å². The lowest BCUT2D eigenvalue weighted by Crippen LogP contribution is -2.51. The molecule has 0 bridgehead atoms. The molecular formula is C21H28N2O4. The minimum absolute atomic E-state index is 0.0410. The van der Waals surface area contributed by atoms with E-state index in [-0.39, 0.29) is 36.6 Å². The van der Waals surface area contributed by atoms with Gasteiger partial charge < -0.3 is 15.3 Å². The maximum Gasteiger partial charge on any atom is 0.308 e. The van der Waals surface area contributed by atoms with Crippen LogP contribution in [0.1, 0.15) is 32.3 Å². The number of carboxylic acid groups (broad SMARTS) is 1. The van der Waals surface area contributed by atoms with Crippen molar-refractivity contribution in [3.05, 3.63) is 35.9 Å². The predicted molar refractivity (Wildman–Crippen MR) is 101 cm³/mol. The summed E-state index contributed by atoms with van der Waals surface area (Å²) in [6, 6.07) is 8.77. The molecule has 27 heavy (non-hydrogen) atoms. The van der Waals surface area contributed by atoms with Gasteiger partial charge in [0.1, 0.15) is 6.04 Å². The normalized spacial score (nSPS) is 23.3. The fraction of sp³-hybridized carbons (Fsp3) is 0.571. The van der Waals surface area contributed by atoms with Crippen molar-refractivity contribution < 1.29 is 19.5 Å². The number of carbonyl (C=O) groups is 3. The zero-order chi connectivity index (χ0) is 19.6. The number of amides is 2. The number of benzene rings is 1. The van der Waals surface area contributed by atoms with Crippen molar-refractivity contribution in [2.75, 3.05) is 13.1 Å². The highest BCUT2D eigenvalue weighted by Crippen LogP contribution is 2.44. The summed E-state index contributed by atoms with van der Waals surface area (Å²) in [5.74, 6) is -1.28. The highest BCUT2D eigenvalue weighted by atomic mass is 16.4. The summed E-state index contributed by atoms with van der Waals surface area (Å²) in [7, 11) is 0. The summed E-state index contributed by atoms with van der Waals surface area (Å²) in [5, 5.41) is 12.4. The SMILES string of the molecule is CC(C)C(NC(=O)Cc1ccccc1)C(=O)N1C[C@H](C(=O)O)[C@@H](C2CC2)C1. The Morgan fingerprint density at radius 3 is 2.37 bits per heavy atom. The Labute approximate surface area is 159 Å². The first-order chi connectivity index (χ1) is 12.9. The van der Waals surface area contributed by atoms with Crippen LogP contribution in [0.2, 0.25) is 0 Å². The van der Waals surface area contributed by atoms with Gasteiger partial charge in [-0.1, -0.05) is 44.2 Å². The van der Waals surface area contributed by atoms with Crippen LogP contribution in [0.15, 0.2) is 30.3 Å². The second-order valence-electron chi connectivity index (χ2n) is 8.14. The topological polar surface area (TPSA) is 86.7 Å². The van der Waals surface area contributed by atoms with Gasteiger partial charge in [-0.25, -0.2) is 0 Å². The molecule has 3 rings (SSSR count). The minimum Gasteiger partial charge on any atom is -0.481 e. The predicted octanol–water partition coefficient (Wildman–Crippen LogP) is 1.94. The third-order valence-electron chi connectivity index (χ3n) is 5.68. The molecule has 1 aliphatic carbocycles. The molecular weight excluding hydrogens is 344 g/mol. The molecule has 2 fully saturated rings. The van der Waals surface area contributed by atoms with Crippen molar-refractivity contribution in [2.24, 2.45) is 23.7 Å². The zero-order valence-corrected chi connectivity index (χ0v) is 15.9. The van der Waals surface area contributed by atoms with E-state index >= 15 is 0 Å². The number of aliphatic carboxylic acids is 1. The molecule has 0 radical (unpaired) electrons. The van der Waals surface area contributed by atoms with Crippen LogP contribution in [0.3, 0.4) is 0 Å². The molecule has 3 atom stereocenters. The Balaban J connectivity index is 1.64. The van der Waals surface area contributed by atoms with Crippen molar-refractivity contribution in [2.45, 2.75) is 39.2 Å². The van der Waals surface area contributed by atoms with Crippen LogP contribution in [0, 0.1) is 23.7 Å². The molecule has 1 unspecified atom stereocenters. The third kappa shape index (κ3) is 4.67. The van der Waals surface area contributed by atoms with Crippen LogP contribution in [0.5, 0.6) is 0 Å². The molecule has 0 spiro atoms. The quantitative estimate of drug-likeness (QED) is 0.766. The van der Waals surface area contributed by atoms with Crippen LogP contribution in [0.4, 0.5) is 0 Å². The van der Waals surface area contributed by atoms with Crippen molar-refractivity contribution in [3.63, 3.8) is 0 Å². The second-order valence-corrected chi connectivity index (χ2v) is 8.14. The first-order valence-electron chi connectivity index (χ1n) is 9.71. The highest BCUT2D eigenvalue weighted by Gasteiger charge is 2.47. The number of nitrogens with zero attached hydrogens (tertiary/aromatic N) is 1. The van der Waals surface area contributed by atoms with Gasteiger partial charge in [-0.05, 0) is 36.2 Å². The second kappa shape index (κ2) is 8.11. The number of carbonyl (C=O) groups excluding carboxylic acids is 2. The molecule has 6 heteroatoms. The highest BCUT2D eigenvalue weighted by molar-refractivity contribution is 5.89. The van der Waals surface area contributed by atoms with E-state index in [4.69, 9.17) is 0 Å². The summed E-state index contributed by atoms with van der Waals surface area (Å²) in [6.45, 7) is 4.52. The van der Waals surface area contributed by atoms with Gasteiger partial charge in [-0.3, -0.25) is 14.4 Å². The van der Waals surface area contributed by atoms with Crippen molar-refractivity contribution in [3.8, 4) is 0 Å². The summed E-state index contributed by atoms with van der Waals surface area (Å²) >= 11 is 0. The minimum atomic E-state index is -0.823. The van der Waals surface area contributed by atoms with E-state index in [0.29, 0.717) is 12.5 Å². The van der Waals surface area contributed by atoms with E-state index < -0.39 is 17.9 Å². The van der Waals surface area contributed by atoms with E-state index in [2.05, 4.69) is 5.32 Å². The number of hydrogen-bond donors (Lipinski definition) is 2. The Morgan fingerprint density at radius 2 is 1.81 bits per heavy atom. The van der Waals surface area contributed by atoms with Crippen molar-refractivity contribution in [1.82, 2.24) is 10.2 Å². The lowest BCUT2D eigenvalue weighted by atomic mass is 9.92. The number of likely N-dealkylation sites (tertiary alicyclic amines) is 1. The van der Waals surface area contributed by atoms with Crippen LogP contribution >= 0.6 is 0 Å². The van der Waals surface area contributed by atoms with E-state index in [1.165, 1.54) is 0 Å². The van der Waals surface area contributed by atoms with Crippen LogP contribution in [-0.4, -0.2) is 46.9 Å². The Hall–Kier alpha value is -2.37. The first kappa shape index (κ1) is 19.4. The molecule has 6 nitrogen and oxygen atoms in total. The number of hydrogen-bond acceptors (Lipinski definition) is 3. The van der Waals surface area contributed by atoms with E-state index in [1.54, 1.807) is 4.90 Å². The molecule has 1 saturated carbocycles. The third-order valence-corrected chi connectivity index (χ3v) is 5.68. The lowest BCUT2D eigenvalue weighted by molar-refractivity contribution is -0.143. The van der Waals surface area contributed by atoms with Gasteiger partial charge in [0.15, 0.2) is 0 Å². The number of nitrogens with one attached hydrogen (secondary N) is 1. The molecule has 1 aromatic carbocycles. The molecule has 1 saturated heterocycles. The monoisotopic (exact) mass is 372 g/mol. The van der Waals surface area contributed by atoms with Crippen LogP contribution in [0.25, 0.3) is 0 Å². The molecule has 2 amide bonds. The summed E-state index contributed by atoms with van der Waals surface area (Å²) in [5.41, 5.74) is 0.894. The molecule has 2 N–H and O–H groups in total. The fourth-order valence-corrected chi connectivity index (χ4v) is 3.99. The maximum atomic E-state index is 13.0. The Morgan fingerprint density at radius 1 is 1.15 bits per heavy atom. The zero-order valence-electron chi connectivity index (χ0n) is 15.9. The lowest BCUT2D eigenvalue weighted by Gasteiger charge is -2.27. The summed E-state index contributed by atoms with van der Waals surface area (Å²) in [6.07, 6.45) is 2.33. The fourth-order valence-electron chi connectivity index (χ4n) is 3.99. The average molecular weight is 372 g/mol. The summed E-state index contributed by atoms with van der Waals surface area (Å²) in [4.78, 5) is 38.7. The first-order valence-corrected chi connectivity index (χ1v) is 9.71. The number of carboxylic acids is 1. The van der Waals surface area contributed by atoms with Crippen molar-refractivity contribution in [1.29, 1.82) is 0 Å². The van der Waals surface area contributed by atoms with Gasteiger partial charge in [0, 0.05) is 13.1 Å². The average Bonchev–Trinajstić information content (AvgIpc) is 3.37. The van der Waals surface area contributed by atoms with Gasteiger partial charge in [-0.2, -0.15) is 0 Å². The molecule has 146 valence electrons. The van der Waals surface area contributed by atoms with Gasteiger partial charge in [0.05, 0.1) is 12.3 Å². The Kier molecular flexibility index (Phi) is 5.82. The van der Waals surface area contributed by atoms with E-state index in [0.717, 1.165) is 18.4 Å². The molecule has 1 heterocycles. The van der Waals surface area contributed by atoms with Crippen LogP contribution < -0.4 is 5.32 Å². The van der Waals surface area contributed by atoms with Crippen molar-refractivity contribution >= 4 is 17.8 Å². The van der Waals surface area contributed by atoms with E-state index in [9.17, 15) is 19.5 Å². The van der Waals surface area contributed by atoms with Crippen LogP contribution in [-0.2, 0) is 20.8 Å². The number of rotatable bonds is 7. The standard InChI is InChI=1S/C21H28N2O4/c1-13(2)19(22-18(24)10-14-6-4-3-5-7-14)20(25)23-11-16(15-8-9-15)17(12-23)21(26)27/h3-7,13,15-17,19H,8-12H2,1-2H3,(H,22,24)(H,26,27)/t16-,17+,19?/m1/s1. The molecule has 2 aliphatic rings. The van der Waals surface area contributed by atoms with Gasteiger partial charge in [-0.15, -0.1) is 0 Å². The van der Waals surface area contributed by atoms with Gasteiger partial charge in [0.25, 0.3) is 0 Å². The summed E-state index contributed by atoms with van der Waals surface area (Å²) < 4.78 is 0. The smallest absolute Gasteiger partial charge is 0.308 e. The largest absolute Gasteiger partial charge is 0.481 e. The Bertz CT molecular complexity index is 699. The van der Waals surface area contributed by atoms with E-state index in [1.807, 2.05) is 44.2 Å². The van der Waals surface area contributed by atoms with Gasteiger partial charge in [0.2, 0.25) is 11.8 Å². The molecule has 1 aromatic rings. The molecule has 1 aliphatic heterocycles. The molecule has 0 aromatic heterocycles. The maximum absolute atomic E-state index is 13.0.